The van der Waals surface area contributed by atoms with Crippen LogP contribution in [0, 0.1) is 5.92 Å². The van der Waals surface area contributed by atoms with Gasteiger partial charge in [0.25, 0.3) is 0 Å². The first-order valence-electron chi connectivity index (χ1n) is 10.1. The maximum Gasteiger partial charge on any atom is 0.326 e. The number of nitrogens with one attached hydrogen (secondary N) is 3. The van der Waals surface area contributed by atoms with E-state index in [0.717, 1.165) is 0 Å². The van der Waals surface area contributed by atoms with Gasteiger partial charge in [0.15, 0.2) is 0 Å². The summed E-state index contributed by atoms with van der Waals surface area (Å²) in [6.45, 7) is 4.71. The van der Waals surface area contributed by atoms with Gasteiger partial charge in [-0.25, -0.2) is 4.79 Å². The SMILES string of the molecule is CCC(C)C(NC(=O)C(C)NC(=O)C(CCC(=O)O)NC(=O)C(N)CCC(=O)O)C(=O)O. The van der Waals surface area contributed by atoms with Gasteiger partial charge in [0.2, 0.25) is 17.7 Å². The zero-order chi connectivity index (χ0) is 25.0. The van der Waals surface area contributed by atoms with Crippen LogP contribution < -0.4 is 21.7 Å². The van der Waals surface area contributed by atoms with E-state index in [1.807, 2.05) is 0 Å². The summed E-state index contributed by atoms with van der Waals surface area (Å²) >= 11 is 0. The number of carboxylic acid groups (broad SMARTS) is 3. The smallest absolute Gasteiger partial charge is 0.326 e. The molecule has 32 heavy (non-hydrogen) atoms. The number of rotatable bonds is 15. The van der Waals surface area contributed by atoms with Crippen LogP contribution in [0.3, 0.4) is 0 Å². The molecule has 0 aliphatic heterocycles. The molecule has 0 saturated heterocycles. The Bertz CT molecular complexity index is 713. The summed E-state index contributed by atoms with van der Waals surface area (Å²) in [5.74, 6) is -6.48. The Hall–Kier alpha value is -3.22. The number of carboxylic acids is 3. The van der Waals surface area contributed by atoms with E-state index in [9.17, 15) is 33.9 Å². The van der Waals surface area contributed by atoms with Gasteiger partial charge in [0.1, 0.15) is 18.1 Å². The molecule has 0 saturated carbocycles. The molecule has 0 fully saturated rings. The molecule has 0 aromatic carbocycles. The van der Waals surface area contributed by atoms with Crippen molar-refractivity contribution in [2.24, 2.45) is 11.7 Å². The molecule has 3 amide bonds. The van der Waals surface area contributed by atoms with Crippen molar-refractivity contribution in [3.63, 3.8) is 0 Å². The number of nitrogens with two attached hydrogens (primary N) is 1. The molecule has 0 bridgehead atoms. The highest BCUT2D eigenvalue weighted by Gasteiger charge is 2.30. The molecule has 5 unspecified atom stereocenters. The van der Waals surface area contributed by atoms with Crippen molar-refractivity contribution >= 4 is 35.6 Å². The first-order valence-corrected chi connectivity index (χ1v) is 10.1. The topological polar surface area (TPSA) is 225 Å². The third-order valence-corrected chi connectivity index (χ3v) is 4.81. The predicted octanol–water partition coefficient (Wildman–Crippen LogP) is -1.35. The fraction of sp³-hybridized carbons (Fsp3) is 0.684. The summed E-state index contributed by atoms with van der Waals surface area (Å²) in [5, 5.41) is 33.7. The summed E-state index contributed by atoms with van der Waals surface area (Å²) in [7, 11) is 0. The zero-order valence-corrected chi connectivity index (χ0v) is 18.3. The molecule has 0 heterocycles. The van der Waals surface area contributed by atoms with E-state index in [1.165, 1.54) is 6.92 Å². The molecule has 182 valence electrons. The summed E-state index contributed by atoms with van der Waals surface area (Å²) in [6, 6.07) is -4.94. The number of hydrogen-bond acceptors (Lipinski definition) is 7. The van der Waals surface area contributed by atoms with E-state index in [2.05, 4.69) is 16.0 Å². The van der Waals surface area contributed by atoms with Crippen LogP contribution in [0.5, 0.6) is 0 Å². The first-order chi connectivity index (χ1) is 14.8. The molecular formula is C19H32N4O9. The molecular weight excluding hydrogens is 428 g/mol. The monoisotopic (exact) mass is 460 g/mol. The minimum Gasteiger partial charge on any atom is -0.481 e. The van der Waals surface area contributed by atoms with E-state index in [1.54, 1.807) is 13.8 Å². The van der Waals surface area contributed by atoms with Crippen molar-refractivity contribution in [3.8, 4) is 0 Å². The highest BCUT2D eigenvalue weighted by atomic mass is 16.4. The lowest BCUT2D eigenvalue weighted by molar-refractivity contribution is -0.143. The number of carbonyl (C=O) groups is 6. The van der Waals surface area contributed by atoms with Gasteiger partial charge in [0.05, 0.1) is 6.04 Å². The molecule has 0 aliphatic carbocycles. The van der Waals surface area contributed by atoms with Gasteiger partial charge in [-0.3, -0.25) is 24.0 Å². The van der Waals surface area contributed by atoms with E-state index in [-0.39, 0.29) is 25.2 Å². The van der Waals surface area contributed by atoms with Crippen LogP contribution in [-0.2, 0) is 28.8 Å². The predicted molar refractivity (Wildman–Crippen MR) is 110 cm³/mol. The molecule has 0 aromatic heterocycles. The lowest BCUT2D eigenvalue weighted by Gasteiger charge is -2.24. The Labute approximate surface area is 185 Å². The number of amides is 3. The minimum absolute atomic E-state index is 0.195. The van der Waals surface area contributed by atoms with Crippen molar-refractivity contribution < 1.29 is 44.1 Å². The molecule has 13 nitrogen and oxygen atoms in total. The maximum absolute atomic E-state index is 12.6. The fourth-order valence-electron chi connectivity index (χ4n) is 2.57. The number of aliphatic carboxylic acids is 3. The Morgan fingerprint density at radius 1 is 0.781 bits per heavy atom. The second kappa shape index (κ2) is 14.0. The summed E-state index contributed by atoms with van der Waals surface area (Å²) < 4.78 is 0. The van der Waals surface area contributed by atoms with E-state index >= 15 is 0 Å². The van der Waals surface area contributed by atoms with Gasteiger partial charge < -0.3 is 37.0 Å². The average Bonchev–Trinajstić information content (AvgIpc) is 2.71. The van der Waals surface area contributed by atoms with Gasteiger partial charge in [-0.05, 0) is 25.7 Å². The second-order valence-electron chi connectivity index (χ2n) is 7.47. The zero-order valence-electron chi connectivity index (χ0n) is 18.3. The standard InChI is InChI=1S/C19H32N4O9/c1-4-9(2)15(19(31)32)23-16(28)10(3)21-18(30)12(6-8-14(26)27)22-17(29)11(20)5-7-13(24)25/h9-12,15H,4-8,20H2,1-3H3,(H,21,30)(H,22,29)(H,23,28)(H,24,25)(H,26,27)(H,31,32). The van der Waals surface area contributed by atoms with Gasteiger partial charge in [-0.15, -0.1) is 0 Å². The normalized spacial score (nSPS) is 15.4. The van der Waals surface area contributed by atoms with Crippen LogP contribution in [-0.4, -0.2) is 75.1 Å². The Morgan fingerprint density at radius 2 is 1.31 bits per heavy atom. The molecule has 0 radical (unpaired) electrons. The third-order valence-electron chi connectivity index (χ3n) is 4.81. The van der Waals surface area contributed by atoms with Crippen molar-refractivity contribution in [2.45, 2.75) is 77.0 Å². The highest BCUT2D eigenvalue weighted by molar-refractivity contribution is 5.94. The molecule has 0 aromatic rings. The van der Waals surface area contributed by atoms with E-state index < -0.39 is 66.2 Å². The number of hydrogen-bond donors (Lipinski definition) is 7. The summed E-state index contributed by atoms with van der Waals surface area (Å²) in [6.07, 6.45) is -0.864. The molecule has 13 heteroatoms. The third kappa shape index (κ3) is 10.7. The summed E-state index contributed by atoms with van der Waals surface area (Å²) in [4.78, 5) is 69.9. The van der Waals surface area contributed by atoms with Crippen LogP contribution >= 0.6 is 0 Å². The van der Waals surface area contributed by atoms with Crippen LogP contribution in [0.1, 0.15) is 52.9 Å². The quantitative estimate of drug-likeness (QED) is 0.152. The fourth-order valence-corrected chi connectivity index (χ4v) is 2.57. The second-order valence-corrected chi connectivity index (χ2v) is 7.47. The van der Waals surface area contributed by atoms with Crippen molar-refractivity contribution in [3.05, 3.63) is 0 Å². The van der Waals surface area contributed by atoms with Crippen LogP contribution in [0.15, 0.2) is 0 Å². The Balaban J connectivity index is 5.16. The average molecular weight is 460 g/mol. The summed E-state index contributed by atoms with van der Waals surface area (Å²) in [5.41, 5.74) is 5.60. The van der Waals surface area contributed by atoms with Gasteiger partial charge in [-0.2, -0.15) is 0 Å². The molecule has 0 rings (SSSR count). The van der Waals surface area contributed by atoms with E-state index in [0.29, 0.717) is 6.42 Å². The lowest BCUT2D eigenvalue weighted by Crippen LogP contribution is -2.57. The number of carbonyl (C=O) groups excluding carboxylic acids is 3. The van der Waals surface area contributed by atoms with Gasteiger partial charge >= 0.3 is 17.9 Å². The van der Waals surface area contributed by atoms with Crippen molar-refractivity contribution in [2.75, 3.05) is 0 Å². The van der Waals surface area contributed by atoms with Gasteiger partial charge in [-0.1, -0.05) is 20.3 Å². The highest BCUT2D eigenvalue weighted by Crippen LogP contribution is 2.08. The largest absolute Gasteiger partial charge is 0.481 e. The Morgan fingerprint density at radius 3 is 1.78 bits per heavy atom. The van der Waals surface area contributed by atoms with Crippen LogP contribution in [0.25, 0.3) is 0 Å². The van der Waals surface area contributed by atoms with Crippen molar-refractivity contribution in [1.29, 1.82) is 0 Å². The Kier molecular flexibility index (Phi) is 12.6. The first kappa shape index (κ1) is 28.8. The van der Waals surface area contributed by atoms with E-state index in [4.69, 9.17) is 15.9 Å². The van der Waals surface area contributed by atoms with Crippen LogP contribution in [0.2, 0.25) is 0 Å². The van der Waals surface area contributed by atoms with Crippen LogP contribution in [0.4, 0.5) is 0 Å². The molecule has 5 atom stereocenters. The minimum atomic E-state index is -1.35. The van der Waals surface area contributed by atoms with Gasteiger partial charge in [0, 0.05) is 12.8 Å². The maximum atomic E-state index is 12.6. The van der Waals surface area contributed by atoms with Crippen molar-refractivity contribution in [1.82, 2.24) is 16.0 Å². The molecule has 0 aliphatic rings. The lowest BCUT2D eigenvalue weighted by atomic mass is 9.99. The molecule has 0 spiro atoms. The molecule has 8 N–H and O–H groups in total.